The van der Waals surface area contributed by atoms with Crippen LogP contribution in [0, 0.1) is 0 Å². The van der Waals surface area contributed by atoms with E-state index in [4.69, 9.17) is 42.6 Å². The topological polar surface area (TPSA) is 100 Å². The van der Waals surface area contributed by atoms with Crippen LogP contribution in [0.3, 0.4) is 0 Å². The fourth-order valence-corrected chi connectivity index (χ4v) is 2.94. The first-order valence-corrected chi connectivity index (χ1v) is 14.1. The summed E-state index contributed by atoms with van der Waals surface area (Å²) in [4.78, 5) is 11.2. The van der Waals surface area contributed by atoms with Gasteiger partial charge < -0.3 is 42.6 Å². The molecule has 0 aliphatic heterocycles. The van der Waals surface area contributed by atoms with Crippen molar-refractivity contribution in [3.63, 3.8) is 0 Å². The minimum absolute atomic E-state index is 0.182. The second-order valence-corrected chi connectivity index (χ2v) is 8.28. The third-order valence-electron chi connectivity index (χ3n) is 4.94. The average molecular weight is 539 g/mol. The molecule has 0 heterocycles. The monoisotopic (exact) mass is 538 g/mol. The molecule has 0 unspecified atom stereocenters. The maximum absolute atomic E-state index is 11.2. The van der Waals surface area contributed by atoms with Gasteiger partial charge in [-0.15, -0.1) is 0 Å². The Labute approximate surface area is 224 Å². The minimum Gasteiger partial charge on any atom is -0.463 e. The zero-order chi connectivity index (χ0) is 26.9. The lowest BCUT2D eigenvalue weighted by molar-refractivity contribution is -0.145. The standard InChI is InChI=1S/C27H54O10/c1-3-5-6-7-8-10-29-11-12-30-13-14-31-15-16-32-17-18-33-19-20-34-21-22-35-23-24-36-25-26-37-27(28)9-4-2/h3-26H2,1-2H3. The van der Waals surface area contributed by atoms with E-state index in [2.05, 4.69) is 6.92 Å². The zero-order valence-corrected chi connectivity index (χ0v) is 23.6. The van der Waals surface area contributed by atoms with Gasteiger partial charge in [-0.05, 0) is 12.8 Å². The Morgan fingerprint density at radius 3 is 1.05 bits per heavy atom. The van der Waals surface area contributed by atoms with E-state index in [-0.39, 0.29) is 12.6 Å². The van der Waals surface area contributed by atoms with Gasteiger partial charge in [0.05, 0.1) is 99.1 Å². The second-order valence-electron chi connectivity index (χ2n) is 8.28. The van der Waals surface area contributed by atoms with Gasteiger partial charge in [-0.1, -0.05) is 39.5 Å². The SMILES string of the molecule is CCCCCCCOCCOCCOCCOCCOCCOCCOCCOCCOC(=O)CCC. The lowest BCUT2D eigenvalue weighted by Gasteiger charge is -2.09. The number of hydrogen-bond donors (Lipinski definition) is 0. The van der Waals surface area contributed by atoms with Crippen molar-refractivity contribution in [2.24, 2.45) is 0 Å². The first kappa shape index (κ1) is 36.1. The Hall–Kier alpha value is -0.850. The largest absolute Gasteiger partial charge is 0.463 e. The molecule has 0 radical (unpaired) electrons. The molecule has 0 rings (SSSR count). The maximum atomic E-state index is 11.2. The molecular formula is C27H54O10. The van der Waals surface area contributed by atoms with Crippen LogP contribution in [0.4, 0.5) is 0 Å². The number of rotatable bonds is 32. The molecule has 0 aliphatic rings. The van der Waals surface area contributed by atoms with E-state index in [1.54, 1.807) is 0 Å². The molecule has 0 amide bonds. The normalized spacial score (nSPS) is 11.3. The highest BCUT2D eigenvalue weighted by molar-refractivity contribution is 5.69. The van der Waals surface area contributed by atoms with Crippen molar-refractivity contribution >= 4 is 5.97 Å². The van der Waals surface area contributed by atoms with Crippen LogP contribution in [-0.2, 0) is 47.4 Å². The molecule has 0 aromatic carbocycles. The van der Waals surface area contributed by atoms with Gasteiger partial charge >= 0.3 is 5.97 Å². The Balaban J connectivity index is 3.04. The fourth-order valence-electron chi connectivity index (χ4n) is 2.94. The highest BCUT2D eigenvalue weighted by Crippen LogP contribution is 2.02. The molecule has 0 spiro atoms. The van der Waals surface area contributed by atoms with Crippen molar-refractivity contribution in [1.82, 2.24) is 0 Å². The predicted octanol–water partition coefficient (Wildman–Crippen LogP) is 3.43. The molecule has 10 heteroatoms. The van der Waals surface area contributed by atoms with E-state index in [9.17, 15) is 4.79 Å². The first-order valence-electron chi connectivity index (χ1n) is 14.1. The summed E-state index contributed by atoms with van der Waals surface area (Å²) in [7, 11) is 0. The molecule has 10 nitrogen and oxygen atoms in total. The highest BCUT2D eigenvalue weighted by Gasteiger charge is 2.00. The number of ether oxygens (including phenoxy) is 9. The molecular weight excluding hydrogens is 484 g/mol. The van der Waals surface area contributed by atoms with Crippen molar-refractivity contribution < 1.29 is 47.4 Å². The van der Waals surface area contributed by atoms with Gasteiger partial charge in [-0.25, -0.2) is 0 Å². The summed E-state index contributed by atoms with van der Waals surface area (Å²) < 4.78 is 48.6. The van der Waals surface area contributed by atoms with Crippen LogP contribution >= 0.6 is 0 Å². The molecule has 0 aromatic heterocycles. The van der Waals surface area contributed by atoms with Crippen LogP contribution in [0.15, 0.2) is 0 Å². The van der Waals surface area contributed by atoms with E-state index in [1.807, 2.05) is 6.92 Å². The summed E-state index contributed by atoms with van der Waals surface area (Å²) in [5.74, 6) is -0.182. The van der Waals surface area contributed by atoms with Crippen LogP contribution in [-0.4, -0.2) is 118 Å². The number of hydrogen-bond acceptors (Lipinski definition) is 10. The molecule has 0 N–H and O–H groups in total. The number of unbranched alkanes of at least 4 members (excludes halogenated alkanes) is 4. The van der Waals surface area contributed by atoms with Crippen molar-refractivity contribution in [1.29, 1.82) is 0 Å². The van der Waals surface area contributed by atoms with Crippen molar-refractivity contribution in [2.45, 2.75) is 58.8 Å². The van der Waals surface area contributed by atoms with Gasteiger partial charge in [-0.2, -0.15) is 0 Å². The number of carbonyl (C=O) groups excluding carboxylic acids is 1. The average Bonchev–Trinajstić information content (AvgIpc) is 2.90. The quantitative estimate of drug-likeness (QED) is 0.0935. The highest BCUT2D eigenvalue weighted by atomic mass is 16.6. The van der Waals surface area contributed by atoms with E-state index >= 15 is 0 Å². The van der Waals surface area contributed by atoms with Crippen LogP contribution in [0.1, 0.15) is 58.8 Å². The van der Waals surface area contributed by atoms with Crippen molar-refractivity contribution in [3.05, 3.63) is 0 Å². The third kappa shape index (κ3) is 33.1. The summed E-state index contributed by atoms with van der Waals surface area (Å²) in [6.07, 6.45) is 7.52. The summed E-state index contributed by atoms with van der Waals surface area (Å²) in [5, 5.41) is 0. The van der Waals surface area contributed by atoms with E-state index < -0.39 is 0 Å². The van der Waals surface area contributed by atoms with Crippen LogP contribution in [0.25, 0.3) is 0 Å². The summed E-state index contributed by atoms with van der Waals surface area (Å²) in [5.41, 5.74) is 0. The molecule has 37 heavy (non-hydrogen) atoms. The summed E-state index contributed by atoms with van der Waals surface area (Å²) in [6, 6.07) is 0. The fraction of sp³-hybridized carbons (Fsp3) is 0.963. The smallest absolute Gasteiger partial charge is 0.305 e. The predicted molar refractivity (Wildman–Crippen MR) is 141 cm³/mol. The van der Waals surface area contributed by atoms with Crippen molar-refractivity contribution in [2.75, 3.05) is 112 Å². The molecule has 0 atom stereocenters. The molecule has 0 aromatic rings. The van der Waals surface area contributed by atoms with Gasteiger partial charge in [0.2, 0.25) is 0 Å². The first-order chi connectivity index (χ1) is 18.3. The molecule has 222 valence electrons. The zero-order valence-electron chi connectivity index (χ0n) is 23.6. The van der Waals surface area contributed by atoms with E-state index in [0.717, 1.165) is 19.4 Å². The molecule has 0 saturated carbocycles. The molecule has 0 bridgehead atoms. The van der Waals surface area contributed by atoms with Crippen LogP contribution < -0.4 is 0 Å². The molecule has 0 aliphatic carbocycles. The Bertz CT molecular complexity index is 439. The Kier molecular flexibility index (Phi) is 32.4. The van der Waals surface area contributed by atoms with Gasteiger partial charge in [0.1, 0.15) is 6.61 Å². The third-order valence-corrected chi connectivity index (χ3v) is 4.94. The maximum Gasteiger partial charge on any atom is 0.305 e. The lowest BCUT2D eigenvalue weighted by atomic mass is 10.2. The molecule has 0 fully saturated rings. The lowest BCUT2D eigenvalue weighted by Crippen LogP contribution is -2.15. The number of esters is 1. The number of carbonyl (C=O) groups is 1. The molecule has 0 saturated heterocycles. The summed E-state index contributed by atoms with van der Waals surface area (Å²) >= 11 is 0. The van der Waals surface area contributed by atoms with Gasteiger partial charge in [0.15, 0.2) is 0 Å². The Morgan fingerprint density at radius 2 is 0.703 bits per heavy atom. The van der Waals surface area contributed by atoms with Crippen LogP contribution in [0.5, 0.6) is 0 Å². The van der Waals surface area contributed by atoms with Gasteiger partial charge in [-0.3, -0.25) is 4.79 Å². The minimum atomic E-state index is -0.182. The van der Waals surface area contributed by atoms with E-state index in [1.165, 1.54) is 25.7 Å². The Morgan fingerprint density at radius 1 is 0.378 bits per heavy atom. The van der Waals surface area contributed by atoms with Gasteiger partial charge in [0, 0.05) is 13.0 Å². The summed E-state index contributed by atoms with van der Waals surface area (Å²) in [6.45, 7) is 13.1. The van der Waals surface area contributed by atoms with E-state index in [0.29, 0.717) is 106 Å². The van der Waals surface area contributed by atoms with Gasteiger partial charge in [0.25, 0.3) is 0 Å². The second kappa shape index (κ2) is 33.2. The van der Waals surface area contributed by atoms with Crippen molar-refractivity contribution in [3.8, 4) is 0 Å². The van der Waals surface area contributed by atoms with Crippen LogP contribution in [0.2, 0.25) is 0 Å².